The van der Waals surface area contributed by atoms with Gasteiger partial charge in [-0.25, -0.2) is 4.98 Å². The van der Waals surface area contributed by atoms with Gasteiger partial charge in [0.05, 0.1) is 5.60 Å². The Balaban J connectivity index is 1.59. The molecule has 0 spiro atoms. The van der Waals surface area contributed by atoms with E-state index in [2.05, 4.69) is 20.9 Å². The fraction of sp³-hybridized carbons (Fsp3) is 0.474. The lowest BCUT2D eigenvalue weighted by molar-refractivity contribution is -0.148. The summed E-state index contributed by atoms with van der Waals surface area (Å²) in [7, 11) is 0. The van der Waals surface area contributed by atoms with Crippen molar-refractivity contribution in [3.8, 4) is 0 Å². The van der Waals surface area contributed by atoms with Gasteiger partial charge in [0.2, 0.25) is 0 Å². The van der Waals surface area contributed by atoms with Crippen LogP contribution >= 0.6 is 11.6 Å². The normalized spacial score (nSPS) is 30.2. The zero-order chi connectivity index (χ0) is 16.6. The molecular formula is C19H22ClN3O. The molecule has 0 amide bonds. The summed E-state index contributed by atoms with van der Waals surface area (Å²) < 4.78 is 0. The second-order valence-electron chi connectivity index (χ2n) is 7.07. The third kappa shape index (κ3) is 2.83. The van der Waals surface area contributed by atoms with Crippen molar-refractivity contribution >= 4 is 11.6 Å². The standard InChI is InChI=1S/C19H22ClN3O/c20-18-9-15(6-8-22-18)19(24)16-4-1-5-17(19)13-23(12-16)11-14-3-2-7-21-10-14/h2-3,6-10,16-17,24H,1,4-5,11-13H2/t16-,17+,19-. The van der Waals surface area contributed by atoms with Crippen LogP contribution in [0, 0.1) is 11.8 Å². The number of aliphatic hydroxyl groups is 1. The highest BCUT2D eigenvalue weighted by atomic mass is 35.5. The van der Waals surface area contributed by atoms with Crippen LogP contribution in [0.5, 0.6) is 0 Å². The Morgan fingerprint density at radius 2 is 2.00 bits per heavy atom. The van der Waals surface area contributed by atoms with Gasteiger partial charge in [-0.3, -0.25) is 9.88 Å². The van der Waals surface area contributed by atoms with Crippen LogP contribution in [-0.4, -0.2) is 33.1 Å². The second-order valence-corrected chi connectivity index (χ2v) is 7.46. The summed E-state index contributed by atoms with van der Waals surface area (Å²) in [5, 5.41) is 12.1. The third-order valence-corrected chi connectivity index (χ3v) is 5.83. The van der Waals surface area contributed by atoms with Crippen molar-refractivity contribution in [3.05, 3.63) is 59.1 Å². The van der Waals surface area contributed by atoms with E-state index >= 15 is 0 Å². The molecule has 4 nitrogen and oxygen atoms in total. The molecule has 1 N–H and O–H groups in total. The molecule has 1 aliphatic heterocycles. The van der Waals surface area contributed by atoms with E-state index < -0.39 is 5.60 Å². The van der Waals surface area contributed by atoms with E-state index in [-0.39, 0.29) is 11.8 Å². The first-order valence-electron chi connectivity index (χ1n) is 8.62. The molecule has 0 aromatic carbocycles. The molecule has 0 radical (unpaired) electrons. The topological polar surface area (TPSA) is 49.3 Å². The second kappa shape index (κ2) is 6.43. The van der Waals surface area contributed by atoms with Gasteiger partial charge >= 0.3 is 0 Å². The number of piperidine rings is 1. The molecule has 3 atom stereocenters. The summed E-state index contributed by atoms with van der Waals surface area (Å²) in [6.45, 7) is 2.71. The zero-order valence-corrected chi connectivity index (χ0v) is 14.4. The summed E-state index contributed by atoms with van der Waals surface area (Å²) in [5.74, 6) is 0.472. The van der Waals surface area contributed by atoms with Crippen LogP contribution in [0.3, 0.4) is 0 Å². The van der Waals surface area contributed by atoms with Gasteiger partial charge in [0.1, 0.15) is 5.15 Å². The van der Waals surface area contributed by atoms with Crippen LogP contribution in [0.4, 0.5) is 0 Å². The van der Waals surface area contributed by atoms with Crippen molar-refractivity contribution in [3.63, 3.8) is 0 Å². The van der Waals surface area contributed by atoms with Crippen LogP contribution in [0.25, 0.3) is 0 Å². The number of aromatic nitrogens is 2. The number of hydrogen-bond donors (Lipinski definition) is 1. The highest BCUT2D eigenvalue weighted by Gasteiger charge is 2.51. The number of rotatable bonds is 3. The van der Waals surface area contributed by atoms with Crippen LogP contribution in [0.1, 0.15) is 30.4 Å². The first-order valence-corrected chi connectivity index (χ1v) is 8.99. The quantitative estimate of drug-likeness (QED) is 0.869. The Hall–Kier alpha value is -1.49. The molecule has 0 unspecified atom stereocenters. The van der Waals surface area contributed by atoms with E-state index in [9.17, 15) is 5.11 Å². The average Bonchev–Trinajstić information content (AvgIpc) is 2.57. The first-order chi connectivity index (χ1) is 11.7. The molecule has 4 rings (SSSR count). The van der Waals surface area contributed by atoms with E-state index in [1.807, 2.05) is 24.4 Å². The Kier molecular flexibility index (Phi) is 4.29. The molecule has 1 saturated heterocycles. The minimum Gasteiger partial charge on any atom is -0.384 e. The Morgan fingerprint density at radius 3 is 2.67 bits per heavy atom. The van der Waals surface area contributed by atoms with Gasteiger partial charge in [0, 0.05) is 50.1 Å². The highest BCUT2D eigenvalue weighted by molar-refractivity contribution is 6.29. The molecule has 5 heteroatoms. The molecule has 126 valence electrons. The molecule has 1 saturated carbocycles. The van der Waals surface area contributed by atoms with Crippen molar-refractivity contribution in [1.82, 2.24) is 14.9 Å². The minimum absolute atomic E-state index is 0.236. The smallest absolute Gasteiger partial charge is 0.129 e. The van der Waals surface area contributed by atoms with Gasteiger partial charge in [-0.15, -0.1) is 0 Å². The van der Waals surface area contributed by atoms with Crippen molar-refractivity contribution in [1.29, 1.82) is 0 Å². The Bertz CT molecular complexity index is 695. The minimum atomic E-state index is -0.781. The van der Waals surface area contributed by atoms with E-state index in [1.165, 1.54) is 12.0 Å². The monoisotopic (exact) mass is 343 g/mol. The van der Waals surface area contributed by atoms with Crippen molar-refractivity contribution in [2.24, 2.45) is 11.8 Å². The number of fused-ring (bicyclic) bond motifs is 2. The Labute approximate surface area is 147 Å². The van der Waals surface area contributed by atoms with Gasteiger partial charge in [-0.05, 0) is 42.2 Å². The number of likely N-dealkylation sites (tertiary alicyclic amines) is 1. The van der Waals surface area contributed by atoms with Crippen LogP contribution in [0.2, 0.25) is 5.15 Å². The predicted molar refractivity (Wildman–Crippen MR) is 93.5 cm³/mol. The zero-order valence-electron chi connectivity index (χ0n) is 13.6. The number of hydrogen-bond acceptors (Lipinski definition) is 4. The molecule has 3 heterocycles. The van der Waals surface area contributed by atoms with Crippen LogP contribution in [-0.2, 0) is 12.1 Å². The molecular weight excluding hydrogens is 322 g/mol. The number of nitrogens with zero attached hydrogens (tertiary/aromatic N) is 3. The van der Waals surface area contributed by atoms with Gasteiger partial charge in [-0.1, -0.05) is 24.1 Å². The third-order valence-electron chi connectivity index (χ3n) is 5.63. The molecule has 1 aliphatic carbocycles. The van der Waals surface area contributed by atoms with Crippen molar-refractivity contribution in [2.75, 3.05) is 13.1 Å². The SMILES string of the molecule is O[C@]1(c2ccnc(Cl)c2)[C@@H]2CCC[C@H]1CN(Cc1cccnc1)C2. The highest BCUT2D eigenvalue weighted by Crippen LogP contribution is 2.49. The van der Waals surface area contributed by atoms with E-state index in [0.29, 0.717) is 5.15 Å². The fourth-order valence-corrected chi connectivity index (χ4v) is 4.72. The van der Waals surface area contributed by atoms with Gasteiger partial charge in [0.25, 0.3) is 0 Å². The van der Waals surface area contributed by atoms with Crippen LogP contribution in [0.15, 0.2) is 42.9 Å². The first kappa shape index (κ1) is 16.0. The van der Waals surface area contributed by atoms with E-state index in [0.717, 1.165) is 38.0 Å². The summed E-state index contributed by atoms with van der Waals surface area (Å²) in [6, 6.07) is 7.86. The van der Waals surface area contributed by atoms with Crippen molar-refractivity contribution in [2.45, 2.75) is 31.4 Å². The average molecular weight is 344 g/mol. The van der Waals surface area contributed by atoms with Crippen molar-refractivity contribution < 1.29 is 5.11 Å². The molecule has 2 aliphatic rings. The Morgan fingerprint density at radius 1 is 1.21 bits per heavy atom. The lowest BCUT2D eigenvalue weighted by Gasteiger charge is -2.53. The maximum Gasteiger partial charge on any atom is 0.129 e. The fourth-order valence-electron chi connectivity index (χ4n) is 4.54. The van der Waals surface area contributed by atoms with E-state index in [1.54, 1.807) is 12.4 Å². The summed E-state index contributed by atoms with van der Waals surface area (Å²) in [5.41, 5.74) is 1.38. The summed E-state index contributed by atoms with van der Waals surface area (Å²) in [6.07, 6.45) is 8.73. The number of pyridine rings is 2. The van der Waals surface area contributed by atoms with Gasteiger partial charge in [0.15, 0.2) is 0 Å². The molecule has 24 heavy (non-hydrogen) atoms. The van der Waals surface area contributed by atoms with E-state index in [4.69, 9.17) is 11.6 Å². The lowest BCUT2D eigenvalue weighted by atomic mass is 9.62. The maximum absolute atomic E-state index is 11.6. The number of halogens is 1. The molecule has 2 aromatic heterocycles. The molecule has 2 bridgehead atoms. The predicted octanol–water partition coefficient (Wildman–Crippen LogP) is 3.25. The largest absolute Gasteiger partial charge is 0.384 e. The van der Waals surface area contributed by atoms with Gasteiger partial charge in [-0.2, -0.15) is 0 Å². The van der Waals surface area contributed by atoms with Crippen LogP contribution < -0.4 is 0 Å². The summed E-state index contributed by atoms with van der Waals surface area (Å²) >= 11 is 6.08. The summed E-state index contributed by atoms with van der Waals surface area (Å²) in [4.78, 5) is 10.7. The van der Waals surface area contributed by atoms with Gasteiger partial charge < -0.3 is 5.11 Å². The molecule has 2 aromatic rings. The lowest BCUT2D eigenvalue weighted by Crippen LogP contribution is -2.57. The maximum atomic E-state index is 11.6. The molecule has 2 fully saturated rings.